The van der Waals surface area contributed by atoms with Gasteiger partial charge in [0.15, 0.2) is 0 Å². The lowest BCUT2D eigenvalue weighted by molar-refractivity contribution is 0.0239. The van der Waals surface area contributed by atoms with Gasteiger partial charge < -0.3 is 25.0 Å². The van der Waals surface area contributed by atoms with Crippen molar-refractivity contribution in [2.45, 2.75) is 32.9 Å². The number of hydrogen-bond donors (Lipinski definition) is 1. The number of rotatable bonds is 3. The van der Waals surface area contributed by atoms with Crippen molar-refractivity contribution in [2.24, 2.45) is 5.73 Å². The van der Waals surface area contributed by atoms with E-state index in [0.29, 0.717) is 43.3 Å². The summed E-state index contributed by atoms with van der Waals surface area (Å²) in [6.45, 7) is 7.87. The highest BCUT2D eigenvalue weighted by Gasteiger charge is 2.28. The number of aromatic nitrogens is 1. The number of amides is 1. The minimum absolute atomic E-state index is 0.284. The van der Waals surface area contributed by atoms with E-state index in [-0.39, 0.29) is 12.6 Å². The molecule has 0 aliphatic carbocycles. The second-order valence-corrected chi connectivity index (χ2v) is 6.82. The van der Waals surface area contributed by atoms with Gasteiger partial charge in [-0.05, 0) is 32.9 Å². The maximum Gasteiger partial charge on any atom is 0.410 e. The molecule has 2 heterocycles. The van der Waals surface area contributed by atoms with Gasteiger partial charge in [-0.1, -0.05) is 0 Å². The number of piperazine rings is 1. The van der Waals surface area contributed by atoms with Gasteiger partial charge in [-0.2, -0.15) is 0 Å². The van der Waals surface area contributed by atoms with Crippen LogP contribution in [0.25, 0.3) is 0 Å². The summed E-state index contributed by atoms with van der Waals surface area (Å²) in [7, 11) is 1.34. The maximum absolute atomic E-state index is 12.2. The molecule has 1 aromatic heterocycles. The Balaban J connectivity index is 2.12. The molecule has 0 saturated carbocycles. The lowest BCUT2D eigenvalue weighted by atomic mass is 10.2. The molecular weight excluding hydrogens is 324 g/mol. The van der Waals surface area contributed by atoms with Crippen molar-refractivity contribution in [1.82, 2.24) is 9.88 Å². The fourth-order valence-corrected chi connectivity index (χ4v) is 2.54. The molecule has 2 N–H and O–H groups in total. The van der Waals surface area contributed by atoms with Crippen LogP contribution in [-0.2, 0) is 16.0 Å². The zero-order valence-corrected chi connectivity index (χ0v) is 15.2. The molecule has 0 unspecified atom stereocenters. The van der Waals surface area contributed by atoms with E-state index in [1.54, 1.807) is 17.0 Å². The summed E-state index contributed by atoms with van der Waals surface area (Å²) in [4.78, 5) is 32.3. The van der Waals surface area contributed by atoms with Gasteiger partial charge in [-0.25, -0.2) is 14.6 Å². The van der Waals surface area contributed by atoms with Crippen LogP contribution >= 0.6 is 0 Å². The third kappa shape index (κ3) is 4.82. The van der Waals surface area contributed by atoms with Crippen molar-refractivity contribution >= 4 is 17.9 Å². The molecule has 0 radical (unpaired) electrons. The SMILES string of the molecule is COC(=O)c1ccc(CN)nc1N1CCN(C(=O)OC(C)(C)C)CC1. The van der Waals surface area contributed by atoms with Gasteiger partial charge in [-0.3, -0.25) is 0 Å². The number of methoxy groups -OCH3 is 1. The van der Waals surface area contributed by atoms with E-state index in [4.69, 9.17) is 15.2 Å². The number of pyridine rings is 1. The first-order valence-corrected chi connectivity index (χ1v) is 8.26. The summed E-state index contributed by atoms with van der Waals surface area (Å²) >= 11 is 0. The second kappa shape index (κ2) is 7.69. The Morgan fingerprint density at radius 1 is 1.20 bits per heavy atom. The summed E-state index contributed by atoms with van der Waals surface area (Å²) in [6.07, 6.45) is -0.330. The van der Waals surface area contributed by atoms with Gasteiger partial charge in [0.1, 0.15) is 17.0 Å². The second-order valence-electron chi connectivity index (χ2n) is 6.82. The van der Waals surface area contributed by atoms with Crippen LogP contribution in [0.5, 0.6) is 0 Å². The van der Waals surface area contributed by atoms with Crippen LogP contribution < -0.4 is 10.6 Å². The number of anilines is 1. The van der Waals surface area contributed by atoms with Crippen molar-refractivity contribution < 1.29 is 19.1 Å². The number of carbonyl (C=O) groups excluding carboxylic acids is 2. The Morgan fingerprint density at radius 2 is 1.84 bits per heavy atom. The minimum Gasteiger partial charge on any atom is -0.465 e. The fraction of sp³-hybridized carbons (Fsp3) is 0.588. The van der Waals surface area contributed by atoms with Gasteiger partial charge in [0, 0.05) is 32.7 Å². The zero-order valence-electron chi connectivity index (χ0n) is 15.2. The molecule has 1 aromatic rings. The van der Waals surface area contributed by atoms with E-state index in [2.05, 4.69) is 4.98 Å². The Hall–Kier alpha value is -2.35. The molecule has 1 aliphatic rings. The zero-order chi connectivity index (χ0) is 18.6. The van der Waals surface area contributed by atoms with Crippen LogP contribution in [0.3, 0.4) is 0 Å². The summed E-state index contributed by atoms with van der Waals surface area (Å²) in [6, 6.07) is 3.39. The van der Waals surface area contributed by atoms with Gasteiger partial charge in [-0.15, -0.1) is 0 Å². The van der Waals surface area contributed by atoms with E-state index in [1.165, 1.54) is 7.11 Å². The molecule has 0 aromatic carbocycles. The number of nitrogens with zero attached hydrogens (tertiary/aromatic N) is 3. The Morgan fingerprint density at radius 3 is 2.36 bits per heavy atom. The summed E-state index contributed by atoms with van der Waals surface area (Å²) < 4.78 is 10.2. The Bertz CT molecular complexity index is 634. The van der Waals surface area contributed by atoms with Crippen LogP contribution in [0.15, 0.2) is 12.1 Å². The molecule has 1 amide bonds. The number of nitrogens with two attached hydrogens (primary N) is 1. The molecule has 0 bridgehead atoms. The van der Waals surface area contributed by atoms with Crippen molar-refractivity contribution in [2.75, 3.05) is 38.2 Å². The lowest BCUT2D eigenvalue weighted by Crippen LogP contribution is -2.50. The molecule has 8 heteroatoms. The number of ether oxygens (including phenoxy) is 2. The predicted molar refractivity (Wildman–Crippen MR) is 93.5 cm³/mol. The van der Waals surface area contributed by atoms with Gasteiger partial charge in [0.2, 0.25) is 0 Å². The van der Waals surface area contributed by atoms with Gasteiger partial charge in [0.05, 0.1) is 12.8 Å². The average molecular weight is 350 g/mol. The number of carbonyl (C=O) groups is 2. The van der Waals surface area contributed by atoms with E-state index in [9.17, 15) is 9.59 Å². The van der Waals surface area contributed by atoms with Crippen molar-refractivity contribution in [1.29, 1.82) is 0 Å². The third-order valence-electron chi connectivity index (χ3n) is 3.78. The molecule has 2 rings (SSSR count). The summed E-state index contributed by atoms with van der Waals surface area (Å²) in [5.74, 6) is 0.0966. The van der Waals surface area contributed by atoms with Gasteiger partial charge >= 0.3 is 12.1 Å². The molecule has 1 fully saturated rings. The molecule has 25 heavy (non-hydrogen) atoms. The fourth-order valence-electron chi connectivity index (χ4n) is 2.54. The minimum atomic E-state index is -0.525. The highest BCUT2D eigenvalue weighted by atomic mass is 16.6. The highest BCUT2D eigenvalue weighted by molar-refractivity contribution is 5.94. The van der Waals surface area contributed by atoms with Gasteiger partial charge in [0.25, 0.3) is 0 Å². The summed E-state index contributed by atoms with van der Waals surface area (Å²) in [5, 5.41) is 0. The van der Waals surface area contributed by atoms with Crippen LogP contribution in [0, 0.1) is 0 Å². The van der Waals surface area contributed by atoms with Crippen molar-refractivity contribution in [3.05, 3.63) is 23.4 Å². The van der Waals surface area contributed by atoms with E-state index >= 15 is 0 Å². The van der Waals surface area contributed by atoms with E-state index < -0.39 is 11.6 Å². The van der Waals surface area contributed by atoms with Crippen LogP contribution in [0.1, 0.15) is 36.8 Å². The van der Waals surface area contributed by atoms with E-state index in [0.717, 1.165) is 0 Å². The Kier molecular flexibility index (Phi) is 5.84. The molecule has 138 valence electrons. The third-order valence-corrected chi connectivity index (χ3v) is 3.78. The molecule has 1 aliphatic heterocycles. The summed E-state index contributed by atoms with van der Waals surface area (Å²) in [5.41, 5.74) is 6.22. The molecule has 0 atom stereocenters. The maximum atomic E-state index is 12.2. The molecule has 0 spiro atoms. The Labute approximate surface area is 147 Å². The predicted octanol–water partition coefficient (Wildman–Crippen LogP) is 1.38. The van der Waals surface area contributed by atoms with Crippen LogP contribution in [0.2, 0.25) is 0 Å². The quantitative estimate of drug-likeness (QED) is 0.822. The van der Waals surface area contributed by atoms with Crippen molar-refractivity contribution in [3.63, 3.8) is 0 Å². The first kappa shape index (κ1) is 19.0. The normalized spacial score (nSPS) is 15.1. The first-order valence-electron chi connectivity index (χ1n) is 8.26. The number of esters is 1. The standard InChI is InChI=1S/C17H26N4O4/c1-17(2,3)25-16(23)21-9-7-20(8-10-21)14-13(15(22)24-4)6-5-12(11-18)19-14/h5-6H,7-11,18H2,1-4H3. The monoisotopic (exact) mass is 350 g/mol. The molecule has 8 nitrogen and oxygen atoms in total. The average Bonchev–Trinajstić information content (AvgIpc) is 2.59. The van der Waals surface area contributed by atoms with Crippen LogP contribution in [-0.4, -0.2) is 60.8 Å². The molecular formula is C17H26N4O4. The van der Waals surface area contributed by atoms with Crippen LogP contribution in [0.4, 0.5) is 10.6 Å². The largest absolute Gasteiger partial charge is 0.465 e. The number of hydrogen-bond acceptors (Lipinski definition) is 7. The van der Waals surface area contributed by atoms with E-state index in [1.807, 2.05) is 25.7 Å². The molecule has 1 saturated heterocycles. The highest BCUT2D eigenvalue weighted by Crippen LogP contribution is 2.22. The first-order chi connectivity index (χ1) is 11.7. The smallest absolute Gasteiger partial charge is 0.410 e. The topological polar surface area (TPSA) is 98.0 Å². The lowest BCUT2D eigenvalue weighted by Gasteiger charge is -2.36. The van der Waals surface area contributed by atoms with Crippen molar-refractivity contribution in [3.8, 4) is 0 Å².